The molecule has 0 bridgehead atoms. The molecule has 1 saturated heterocycles. The normalized spacial score (nSPS) is 28.0. The summed E-state index contributed by atoms with van der Waals surface area (Å²) in [6, 6.07) is 8.39. The summed E-state index contributed by atoms with van der Waals surface area (Å²) in [6.07, 6.45) is 4.44. The molecule has 2 saturated carbocycles. The van der Waals surface area contributed by atoms with Gasteiger partial charge in [-0.25, -0.2) is 0 Å². The fraction of sp³-hybridized carbons (Fsp3) is 0.588. The predicted octanol–water partition coefficient (Wildman–Crippen LogP) is 2.46. The Labute approximate surface area is 125 Å². The van der Waals surface area contributed by atoms with Gasteiger partial charge in [0.1, 0.15) is 17.5 Å². The maximum Gasteiger partial charge on any atom is 0.244 e. The number of carbonyl (C=O) groups excluding carboxylic acids is 1. The number of nitrogens with one attached hydrogen (secondary N) is 1. The molecule has 4 nitrogen and oxygen atoms in total. The number of hydrogen-bond donors (Lipinski definition) is 1. The monoisotopic (exact) mass is 286 g/mol. The smallest absolute Gasteiger partial charge is 0.244 e. The molecular weight excluding hydrogens is 264 g/mol. The topological polar surface area (TPSA) is 41.6 Å². The molecule has 1 amide bonds. The number of ether oxygens (including phenoxy) is 1. The lowest BCUT2D eigenvalue weighted by molar-refractivity contribution is -0.133. The second-order valence-electron chi connectivity index (χ2n) is 6.70. The van der Waals surface area contributed by atoms with Gasteiger partial charge in [-0.1, -0.05) is 12.1 Å². The third-order valence-corrected chi connectivity index (χ3v) is 5.24. The van der Waals surface area contributed by atoms with Crippen molar-refractivity contribution in [2.45, 2.75) is 50.4 Å². The Bertz CT molecular complexity index is 578. The van der Waals surface area contributed by atoms with Crippen molar-refractivity contribution in [3.8, 4) is 5.75 Å². The fourth-order valence-electron chi connectivity index (χ4n) is 3.52. The molecule has 2 aliphatic carbocycles. The highest BCUT2D eigenvalue weighted by Crippen LogP contribution is 2.49. The molecular formula is C17H22N2O2. The molecule has 112 valence electrons. The maximum absolute atomic E-state index is 12.8. The van der Waals surface area contributed by atoms with Crippen molar-refractivity contribution in [3.05, 3.63) is 29.8 Å². The Balaban J connectivity index is 1.69. The van der Waals surface area contributed by atoms with Crippen LogP contribution in [0.4, 0.5) is 0 Å². The van der Waals surface area contributed by atoms with Crippen LogP contribution in [0.2, 0.25) is 0 Å². The van der Waals surface area contributed by atoms with Crippen molar-refractivity contribution in [1.82, 2.24) is 10.2 Å². The molecule has 1 spiro atoms. The van der Waals surface area contributed by atoms with E-state index in [0.29, 0.717) is 17.9 Å². The third-order valence-electron chi connectivity index (χ3n) is 5.24. The van der Waals surface area contributed by atoms with Crippen LogP contribution in [0.5, 0.6) is 5.75 Å². The van der Waals surface area contributed by atoms with E-state index in [2.05, 4.69) is 23.2 Å². The van der Waals surface area contributed by atoms with Crippen LogP contribution >= 0.6 is 0 Å². The van der Waals surface area contributed by atoms with Crippen LogP contribution in [0.1, 0.15) is 44.3 Å². The lowest BCUT2D eigenvalue weighted by atomic mass is 10.1. The van der Waals surface area contributed by atoms with E-state index >= 15 is 0 Å². The molecule has 1 aliphatic heterocycles. The minimum absolute atomic E-state index is 0.00861. The van der Waals surface area contributed by atoms with Gasteiger partial charge in [0.2, 0.25) is 5.91 Å². The zero-order valence-electron chi connectivity index (χ0n) is 12.6. The van der Waals surface area contributed by atoms with Crippen molar-refractivity contribution < 1.29 is 9.53 Å². The fourth-order valence-corrected chi connectivity index (χ4v) is 3.52. The number of hydrogen-bond acceptors (Lipinski definition) is 3. The van der Waals surface area contributed by atoms with Gasteiger partial charge in [-0.2, -0.15) is 0 Å². The van der Waals surface area contributed by atoms with Crippen LogP contribution < -0.4 is 10.1 Å². The van der Waals surface area contributed by atoms with Crippen LogP contribution in [-0.4, -0.2) is 29.5 Å². The Morgan fingerprint density at radius 1 is 1.38 bits per heavy atom. The highest BCUT2D eigenvalue weighted by molar-refractivity contribution is 5.92. The second-order valence-corrected chi connectivity index (χ2v) is 6.70. The van der Waals surface area contributed by atoms with E-state index in [4.69, 9.17) is 4.74 Å². The highest BCUT2D eigenvalue weighted by atomic mass is 16.5. The maximum atomic E-state index is 12.8. The zero-order valence-corrected chi connectivity index (χ0v) is 12.6. The molecule has 2 atom stereocenters. The first-order chi connectivity index (χ1) is 10.1. The second kappa shape index (κ2) is 4.47. The summed E-state index contributed by atoms with van der Waals surface area (Å²) < 4.78 is 5.33. The van der Waals surface area contributed by atoms with E-state index in [0.717, 1.165) is 24.2 Å². The summed E-state index contributed by atoms with van der Waals surface area (Å²) in [5.41, 5.74) is 0.857. The van der Waals surface area contributed by atoms with Crippen molar-refractivity contribution >= 4 is 5.91 Å². The van der Waals surface area contributed by atoms with Crippen molar-refractivity contribution in [1.29, 1.82) is 0 Å². The predicted molar refractivity (Wildman–Crippen MR) is 79.9 cm³/mol. The molecule has 21 heavy (non-hydrogen) atoms. The minimum atomic E-state index is -0.267. The van der Waals surface area contributed by atoms with E-state index in [1.54, 1.807) is 7.11 Å². The van der Waals surface area contributed by atoms with Crippen LogP contribution in [-0.2, 0) is 4.79 Å². The highest BCUT2D eigenvalue weighted by Gasteiger charge is 2.61. The van der Waals surface area contributed by atoms with Gasteiger partial charge in [-0.05, 0) is 56.2 Å². The first kappa shape index (κ1) is 13.1. The molecule has 3 aliphatic rings. The van der Waals surface area contributed by atoms with Crippen LogP contribution in [0, 0.1) is 5.92 Å². The van der Waals surface area contributed by atoms with Crippen molar-refractivity contribution in [2.24, 2.45) is 5.92 Å². The Hall–Kier alpha value is -1.55. The quantitative estimate of drug-likeness (QED) is 0.924. The van der Waals surface area contributed by atoms with Gasteiger partial charge >= 0.3 is 0 Å². The number of rotatable bonds is 4. The Kier molecular flexibility index (Phi) is 2.80. The first-order valence-electron chi connectivity index (χ1n) is 7.89. The molecule has 0 aromatic heterocycles. The van der Waals surface area contributed by atoms with Crippen molar-refractivity contribution in [2.75, 3.05) is 7.11 Å². The van der Waals surface area contributed by atoms with Crippen molar-refractivity contribution in [3.63, 3.8) is 0 Å². The zero-order chi connectivity index (χ0) is 14.6. The minimum Gasteiger partial charge on any atom is -0.497 e. The number of nitrogens with zero attached hydrogens (tertiary/aromatic N) is 1. The van der Waals surface area contributed by atoms with Crippen LogP contribution in [0.3, 0.4) is 0 Å². The van der Waals surface area contributed by atoms with Gasteiger partial charge in [0.05, 0.1) is 7.11 Å². The van der Waals surface area contributed by atoms with Gasteiger partial charge in [0.15, 0.2) is 0 Å². The molecule has 4 rings (SSSR count). The summed E-state index contributed by atoms with van der Waals surface area (Å²) in [6.45, 7) is 2.20. The molecule has 1 N–H and O–H groups in total. The lowest BCUT2D eigenvalue weighted by Crippen LogP contribution is -2.40. The third kappa shape index (κ3) is 2.04. The van der Waals surface area contributed by atoms with Gasteiger partial charge in [0.25, 0.3) is 0 Å². The summed E-state index contributed by atoms with van der Waals surface area (Å²) in [5, 5.41) is 3.59. The van der Waals surface area contributed by atoms with Crippen LogP contribution in [0.25, 0.3) is 0 Å². The summed E-state index contributed by atoms with van der Waals surface area (Å²) in [4.78, 5) is 14.9. The first-order valence-corrected chi connectivity index (χ1v) is 7.89. The molecule has 0 radical (unpaired) electrons. The Morgan fingerprint density at radius 2 is 2.14 bits per heavy atom. The number of benzene rings is 1. The summed E-state index contributed by atoms with van der Waals surface area (Å²) in [5.74, 6) is 1.82. The SMILES string of the molecule is COc1cccc(C2NC3(CC3)C(=O)N2C(C)C2CC2)c1. The van der Waals surface area contributed by atoms with Gasteiger partial charge in [-0.15, -0.1) is 0 Å². The molecule has 1 heterocycles. The van der Waals surface area contributed by atoms with Gasteiger partial charge in [0, 0.05) is 6.04 Å². The molecule has 2 unspecified atom stereocenters. The van der Waals surface area contributed by atoms with E-state index < -0.39 is 0 Å². The number of carbonyl (C=O) groups is 1. The Morgan fingerprint density at radius 3 is 2.76 bits per heavy atom. The van der Waals surface area contributed by atoms with Gasteiger partial charge in [-0.3, -0.25) is 10.1 Å². The van der Waals surface area contributed by atoms with E-state index in [9.17, 15) is 4.79 Å². The number of methoxy groups -OCH3 is 1. The molecule has 1 aromatic carbocycles. The average molecular weight is 286 g/mol. The lowest BCUT2D eigenvalue weighted by Gasteiger charge is -2.31. The van der Waals surface area contributed by atoms with Gasteiger partial charge < -0.3 is 9.64 Å². The van der Waals surface area contributed by atoms with Crippen LogP contribution in [0.15, 0.2) is 24.3 Å². The standard InChI is InChI=1S/C17H22N2O2/c1-11(12-6-7-12)19-15(18-17(8-9-17)16(19)20)13-4-3-5-14(10-13)21-2/h3-5,10-12,15,18H,6-9H2,1-2H3. The molecule has 4 heteroatoms. The summed E-state index contributed by atoms with van der Waals surface area (Å²) in [7, 11) is 1.68. The summed E-state index contributed by atoms with van der Waals surface area (Å²) >= 11 is 0. The van der Waals surface area contributed by atoms with E-state index in [1.165, 1.54) is 12.8 Å². The average Bonchev–Trinajstić information content (AvgIpc) is 3.39. The largest absolute Gasteiger partial charge is 0.497 e. The number of amides is 1. The van der Waals surface area contributed by atoms with E-state index in [1.807, 2.05) is 18.2 Å². The molecule has 1 aromatic rings. The van der Waals surface area contributed by atoms with E-state index in [-0.39, 0.29) is 11.7 Å². The molecule has 3 fully saturated rings.